The van der Waals surface area contributed by atoms with Gasteiger partial charge in [0.1, 0.15) is 10.7 Å². The summed E-state index contributed by atoms with van der Waals surface area (Å²) in [5.41, 5.74) is 1.21. The lowest BCUT2D eigenvalue weighted by Crippen LogP contribution is -2.26. The van der Waals surface area contributed by atoms with Gasteiger partial charge in [-0.2, -0.15) is 0 Å². The summed E-state index contributed by atoms with van der Waals surface area (Å²) in [6.45, 7) is 4.66. The van der Waals surface area contributed by atoms with Crippen LogP contribution in [0.4, 0.5) is 0 Å². The molecule has 1 aliphatic carbocycles. The van der Waals surface area contributed by atoms with Crippen molar-refractivity contribution in [2.75, 3.05) is 0 Å². The molecule has 2 aromatic rings. The van der Waals surface area contributed by atoms with Crippen LogP contribution < -0.4 is 5.56 Å². The van der Waals surface area contributed by atoms with E-state index < -0.39 is 5.97 Å². The Hall–Kier alpha value is -1.69. The van der Waals surface area contributed by atoms with Gasteiger partial charge in [0.2, 0.25) is 0 Å². The number of carbonyl (C=O) groups is 1. The van der Waals surface area contributed by atoms with Crippen LogP contribution in [0.25, 0.3) is 10.2 Å². The van der Waals surface area contributed by atoms with Crippen LogP contribution in [0.3, 0.4) is 0 Å². The Kier molecular flexibility index (Phi) is 4.53. The second-order valence-corrected chi connectivity index (χ2v) is 7.45. The lowest BCUT2D eigenvalue weighted by molar-refractivity contribution is -0.137. The molecule has 1 aliphatic rings. The predicted molar refractivity (Wildman–Crippen MR) is 91.3 cm³/mol. The first kappa shape index (κ1) is 16.2. The van der Waals surface area contributed by atoms with E-state index in [2.05, 4.69) is 6.92 Å². The average molecular weight is 334 g/mol. The number of thiophene rings is 1. The number of hydrogen-bond acceptors (Lipinski definition) is 4. The lowest BCUT2D eigenvalue weighted by atomic mass is 9.89. The van der Waals surface area contributed by atoms with Gasteiger partial charge in [-0.05, 0) is 37.2 Å². The quantitative estimate of drug-likeness (QED) is 0.912. The zero-order chi connectivity index (χ0) is 16.6. The highest BCUT2D eigenvalue weighted by Crippen LogP contribution is 2.35. The molecule has 6 heteroatoms. The lowest BCUT2D eigenvalue weighted by Gasteiger charge is -2.17. The maximum absolute atomic E-state index is 13.0. The number of carboxylic acid groups (broad SMARTS) is 1. The predicted octanol–water partition coefficient (Wildman–Crippen LogP) is 3.01. The molecule has 0 bridgehead atoms. The van der Waals surface area contributed by atoms with Gasteiger partial charge in [-0.1, -0.05) is 13.8 Å². The molecule has 0 spiro atoms. The maximum atomic E-state index is 13.0. The van der Waals surface area contributed by atoms with Crippen molar-refractivity contribution in [3.8, 4) is 0 Å². The summed E-state index contributed by atoms with van der Waals surface area (Å²) in [6, 6.07) is 0. The normalized spacial score (nSPS) is 17.4. The minimum Gasteiger partial charge on any atom is -0.481 e. The van der Waals surface area contributed by atoms with Crippen molar-refractivity contribution in [1.82, 2.24) is 9.55 Å². The summed E-state index contributed by atoms with van der Waals surface area (Å²) in [5, 5.41) is 9.59. The molecule has 0 saturated carbocycles. The van der Waals surface area contributed by atoms with Crippen LogP contribution >= 0.6 is 11.3 Å². The average Bonchev–Trinajstić information content (AvgIpc) is 2.86. The van der Waals surface area contributed by atoms with E-state index in [4.69, 9.17) is 10.1 Å². The summed E-state index contributed by atoms with van der Waals surface area (Å²) < 4.78 is 1.69. The van der Waals surface area contributed by atoms with E-state index in [1.165, 1.54) is 10.4 Å². The molecule has 2 heterocycles. The Bertz CT molecular complexity index is 806. The largest absolute Gasteiger partial charge is 0.481 e. The Morgan fingerprint density at radius 2 is 2.26 bits per heavy atom. The summed E-state index contributed by atoms with van der Waals surface area (Å²) in [6.07, 6.45) is 4.32. The van der Waals surface area contributed by atoms with Crippen molar-refractivity contribution in [1.29, 1.82) is 0 Å². The molecule has 1 N–H and O–H groups in total. The van der Waals surface area contributed by atoms with Gasteiger partial charge in [-0.25, -0.2) is 4.98 Å². The van der Waals surface area contributed by atoms with Crippen LogP contribution in [0.5, 0.6) is 0 Å². The number of rotatable bonds is 5. The van der Waals surface area contributed by atoms with Crippen molar-refractivity contribution < 1.29 is 9.90 Å². The minimum absolute atomic E-state index is 0.0179. The Morgan fingerprint density at radius 1 is 1.48 bits per heavy atom. The van der Waals surface area contributed by atoms with Gasteiger partial charge in [0, 0.05) is 24.3 Å². The fourth-order valence-corrected chi connectivity index (χ4v) is 4.75. The third-order valence-corrected chi connectivity index (χ3v) is 5.73. The zero-order valence-electron chi connectivity index (χ0n) is 13.6. The van der Waals surface area contributed by atoms with Gasteiger partial charge in [0.05, 0.1) is 5.39 Å². The highest BCUT2D eigenvalue weighted by atomic mass is 32.1. The second-order valence-electron chi connectivity index (χ2n) is 6.37. The monoisotopic (exact) mass is 334 g/mol. The van der Waals surface area contributed by atoms with Crippen LogP contribution in [-0.2, 0) is 30.6 Å². The van der Waals surface area contributed by atoms with E-state index in [1.807, 2.05) is 6.92 Å². The van der Waals surface area contributed by atoms with E-state index >= 15 is 0 Å². The molecule has 124 valence electrons. The first-order valence-electron chi connectivity index (χ1n) is 8.27. The van der Waals surface area contributed by atoms with E-state index in [0.717, 1.165) is 35.3 Å². The molecule has 5 nitrogen and oxygen atoms in total. The number of hydrogen-bond donors (Lipinski definition) is 1. The van der Waals surface area contributed by atoms with Crippen LogP contribution in [0.15, 0.2) is 4.79 Å². The number of nitrogens with zero attached hydrogens (tertiary/aromatic N) is 2. The molecule has 1 unspecified atom stereocenters. The SMILES string of the molecule is CCc1nc2sc3c(c2c(=O)n1CCCC(=O)O)CCC(C)C3. The fraction of sp³-hybridized carbons (Fsp3) is 0.588. The van der Waals surface area contributed by atoms with E-state index in [9.17, 15) is 9.59 Å². The summed E-state index contributed by atoms with van der Waals surface area (Å²) in [5.74, 6) is 0.602. The van der Waals surface area contributed by atoms with Crippen molar-refractivity contribution in [3.05, 3.63) is 26.6 Å². The van der Waals surface area contributed by atoms with Crippen molar-refractivity contribution >= 4 is 27.5 Å². The molecular weight excluding hydrogens is 312 g/mol. The number of carboxylic acids is 1. The standard InChI is InChI=1S/C17H22N2O3S/c1-3-13-18-16-15(11-7-6-10(2)9-12(11)23-16)17(22)19(13)8-4-5-14(20)21/h10H,3-9H2,1-2H3,(H,20,21). The van der Waals surface area contributed by atoms with Crippen LogP contribution in [-0.4, -0.2) is 20.6 Å². The number of aryl methyl sites for hydroxylation is 2. The number of fused-ring (bicyclic) bond motifs is 3. The molecule has 23 heavy (non-hydrogen) atoms. The Balaban J connectivity index is 2.07. The molecule has 0 aliphatic heterocycles. The smallest absolute Gasteiger partial charge is 0.303 e. The molecular formula is C17H22N2O3S. The first-order chi connectivity index (χ1) is 11.0. The highest BCUT2D eigenvalue weighted by molar-refractivity contribution is 7.18. The maximum Gasteiger partial charge on any atom is 0.303 e. The van der Waals surface area contributed by atoms with Crippen LogP contribution in [0, 0.1) is 5.92 Å². The van der Waals surface area contributed by atoms with Crippen molar-refractivity contribution in [2.45, 2.75) is 58.9 Å². The van der Waals surface area contributed by atoms with Crippen molar-refractivity contribution in [3.63, 3.8) is 0 Å². The van der Waals surface area contributed by atoms with Gasteiger partial charge >= 0.3 is 5.97 Å². The Morgan fingerprint density at radius 3 is 2.96 bits per heavy atom. The molecule has 0 fully saturated rings. The van der Waals surface area contributed by atoms with E-state index in [1.54, 1.807) is 15.9 Å². The summed E-state index contributed by atoms with van der Waals surface area (Å²) >= 11 is 1.67. The molecule has 0 radical (unpaired) electrons. The molecule has 0 amide bonds. The number of aromatic nitrogens is 2. The van der Waals surface area contributed by atoms with Gasteiger partial charge in [-0.15, -0.1) is 11.3 Å². The van der Waals surface area contributed by atoms with Gasteiger partial charge in [0.25, 0.3) is 5.56 Å². The Labute approximate surface area is 139 Å². The topological polar surface area (TPSA) is 72.2 Å². The van der Waals surface area contributed by atoms with Gasteiger partial charge in [-0.3, -0.25) is 14.2 Å². The summed E-state index contributed by atoms with van der Waals surface area (Å²) in [7, 11) is 0. The van der Waals surface area contributed by atoms with Crippen LogP contribution in [0.2, 0.25) is 0 Å². The molecule has 0 saturated heterocycles. The van der Waals surface area contributed by atoms with E-state index in [0.29, 0.717) is 25.3 Å². The van der Waals surface area contributed by atoms with Crippen LogP contribution in [0.1, 0.15) is 49.4 Å². The second kappa shape index (κ2) is 6.43. The highest BCUT2D eigenvalue weighted by Gasteiger charge is 2.24. The third kappa shape index (κ3) is 3.04. The van der Waals surface area contributed by atoms with Gasteiger partial charge < -0.3 is 5.11 Å². The third-order valence-electron chi connectivity index (χ3n) is 4.58. The first-order valence-corrected chi connectivity index (χ1v) is 9.08. The molecule has 2 aromatic heterocycles. The molecule has 1 atom stereocenters. The molecule has 0 aromatic carbocycles. The van der Waals surface area contributed by atoms with E-state index in [-0.39, 0.29) is 12.0 Å². The zero-order valence-corrected chi connectivity index (χ0v) is 14.4. The molecule has 3 rings (SSSR count). The number of aliphatic carboxylic acids is 1. The van der Waals surface area contributed by atoms with Gasteiger partial charge in [0.15, 0.2) is 0 Å². The fourth-order valence-electron chi connectivity index (χ4n) is 3.35. The van der Waals surface area contributed by atoms with Crippen molar-refractivity contribution in [2.24, 2.45) is 5.92 Å². The summed E-state index contributed by atoms with van der Waals surface area (Å²) in [4.78, 5) is 30.6. The minimum atomic E-state index is -0.827.